The Morgan fingerprint density at radius 1 is 0.971 bits per heavy atom. The van der Waals surface area contributed by atoms with Crippen LogP contribution in [0.15, 0.2) is 78.9 Å². The molecular weight excluding hydrogens is 438 g/mol. The van der Waals surface area contributed by atoms with Gasteiger partial charge in [0.2, 0.25) is 0 Å². The number of carboxylic acids is 1. The molecule has 0 aliphatic carbocycles. The van der Waals surface area contributed by atoms with Crippen LogP contribution in [0.2, 0.25) is 0 Å². The molecule has 0 aliphatic rings. The van der Waals surface area contributed by atoms with Gasteiger partial charge in [0.1, 0.15) is 0 Å². The molecule has 0 saturated heterocycles. The number of rotatable bonds is 11. The number of hydrogen-bond acceptors (Lipinski definition) is 5. The van der Waals surface area contributed by atoms with Crippen LogP contribution >= 0.6 is 0 Å². The van der Waals surface area contributed by atoms with Crippen LogP contribution in [0.3, 0.4) is 0 Å². The number of tetrazole rings is 1. The molecule has 35 heavy (non-hydrogen) atoms. The Morgan fingerprint density at radius 2 is 1.71 bits per heavy atom. The van der Waals surface area contributed by atoms with E-state index in [1.807, 2.05) is 54.1 Å². The minimum Gasteiger partial charge on any atom is -0.481 e. The molecule has 2 N–H and O–H groups in total. The Labute approximate surface area is 205 Å². The number of aryl methyl sites for hydroxylation is 2. The number of aromatic nitrogens is 4. The average molecular weight is 470 g/mol. The molecule has 0 radical (unpaired) electrons. The van der Waals surface area contributed by atoms with Crippen molar-refractivity contribution in [2.45, 2.75) is 51.7 Å². The van der Waals surface area contributed by atoms with Crippen LogP contribution in [0.5, 0.6) is 0 Å². The third-order valence-electron chi connectivity index (χ3n) is 6.08. The lowest BCUT2D eigenvalue weighted by Gasteiger charge is -2.25. The third kappa shape index (κ3) is 6.19. The molecule has 0 bridgehead atoms. The number of benzene rings is 3. The predicted octanol–water partition coefficient (Wildman–Crippen LogP) is 5.34. The maximum Gasteiger partial charge on any atom is 0.305 e. The van der Waals surface area contributed by atoms with Gasteiger partial charge in [-0.25, -0.2) is 4.68 Å². The fourth-order valence-corrected chi connectivity index (χ4v) is 4.24. The van der Waals surface area contributed by atoms with Crippen LogP contribution in [0.1, 0.15) is 60.8 Å². The van der Waals surface area contributed by atoms with Gasteiger partial charge in [-0.15, -0.1) is 5.10 Å². The summed E-state index contributed by atoms with van der Waals surface area (Å²) in [5.41, 5.74) is 5.22. The number of aliphatic carboxylic acids is 1. The lowest BCUT2D eigenvalue weighted by molar-refractivity contribution is -0.137. The van der Waals surface area contributed by atoms with E-state index in [-0.39, 0.29) is 12.5 Å². The summed E-state index contributed by atoms with van der Waals surface area (Å²) in [5, 5.41) is 25.8. The minimum absolute atomic E-state index is 0.0570. The first kappa shape index (κ1) is 24.3. The van der Waals surface area contributed by atoms with E-state index in [1.54, 1.807) is 0 Å². The average Bonchev–Trinajstić information content (AvgIpc) is 3.34. The van der Waals surface area contributed by atoms with Gasteiger partial charge in [-0.2, -0.15) is 0 Å². The highest BCUT2D eigenvalue weighted by atomic mass is 16.4. The van der Waals surface area contributed by atoms with Crippen molar-refractivity contribution in [3.63, 3.8) is 0 Å². The van der Waals surface area contributed by atoms with Gasteiger partial charge in [0.05, 0.1) is 12.5 Å². The normalized spacial score (nSPS) is 12.9. The van der Waals surface area contributed by atoms with Crippen LogP contribution in [0.25, 0.3) is 11.1 Å². The molecular formula is C28H31N5O2. The molecule has 4 aromatic rings. The van der Waals surface area contributed by atoms with Gasteiger partial charge in [0, 0.05) is 12.6 Å². The van der Waals surface area contributed by atoms with E-state index < -0.39 is 12.0 Å². The second kappa shape index (κ2) is 11.5. The van der Waals surface area contributed by atoms with E-state index in [9.17, 15) is 9.90 Å². The summed E-state index contributed by atoms with van der Waals surface area (Å²) in [6, 6.07) is 25.6. The first-order valence-electron chi connectivity index (χ1n) is 12.0. The smallest absolute Gasteiger partial charge is 0.305 e. The molecule has 2 unspecified atom stereocenters. The summed E-state index contributed by atoms with van der Waals surface area (Å²) < 4.78 is 1.82. The van der Waals surface area contributed by atoms with Crippen molar-refractivity contribution >= 4 is 5.97 Å². The Morgan fingerprint density at radius 3 is 2.40 bits per heavy atom. The number of nitrogens with zero attached hydrogens (tertiary/aromatic N) is 4. The molecule has 3 aromatic carbocycles. The van der Waals surface area contributed by atoms with E-state index >= 15 is 0 Å². The van der Waals surface area contributed by atoms with E-state index in [0.29, 0.717) is 12.4 Å². The van der Waals surface area contributed by atoms with E-state index in [1.165, 1.54) is 0 Å². The fourth-order valence-electron chi connectivity index (χ4n) is 4.24. The van der Waals surface area contributed by atoms with Gasteiger partial charge in [0.15, 0.2) is 5.82 Å². The van der Waals surface area contributed by atoms with Crippen molar-refractivity contribution in [3.8, 4) is 11.1 Å². The van der Waals surface area contributed by atoms with Gasteiger partial charge >= 0.3 is 5.97 Å². The summed E-state index contributed by atoms with van der Waals surface area (Å²) in [6.07, 6.45) is 1.92. The fraction of sp³-hybridized carbons (Fsp3) is 0.286. The monoisotopic (exact) mass is 469 g/mol. The molecule has 180 valence electrons. The highest BCUT2D eigenvalue weighted by Gasteiger charge is 2.26. The molecule has 2 atom stereocenters. The van der Waals surface area contributed by atoms with Gasteiger partial charge < -0.3 is 5.11 Å². The van der Waals surface area contributed by atoms with Crippen LogP contribution in [0.4, 0.5) is 0 Å². The Bertz CT molecular complexity index is 1240. The summed E-state index contributed by atoms with van der Waals surface area (Å²) in [5.74, 6) is -0.193. The summed E-state index contributed by atoms with van der Waals surface area (Å²) in [4.78, 5) is 11.8. The van der Waals surface area contributed by atoms with Crippen LogP contribution in [0, 0.1) is 6.92 Å². The van der Waals surface area contributed by atoms with Crippen LogP contribution in [-0.2, 0) is 11.3 Å². The quantitative estimate of drug-likeness (QED) is 0.308. The van der Waals surface area contributed by atoms with E-state index in [4.69, 9.17) is 0 Å². The number of unbranched alkanes of at least 4 members (excludes halogenated alkanes) is 1. The maximum absolute atomic E-state index is 11.8. The van der Waals surface area contributed by atoms with Crippen molar-refractivity contribution in [2.24, 2.45) is 0 Å². The Balaban J connectivity index is 1.72. The van der Waals surface area contributed by atoms with Crippen LogP contribution in [-0.4, -0.2) is 31.3 Å². The molecule has 7 nitrogen and oxygen atoms in total. The Hall–Kier alpha value is -3.84. The van der Waals surface area contributed by atoms with Gasteiger partial charge in [0.25, 0.3) is 0 Å². The van der Waals surface area contributed by atoms with E-state index in [2.05, 4.69) is 64.2 Å². The first-order valence-corrected chi connectivity index (χ1v) is 12.0. The third-order valence-corrected chi connectivity index (χ3v) is 6.08. The van der Waals surface area contributed by atoms with Crippen molar-refractivity contribution in [1.29, 1.82) is 0 Å². The van der Waals surface area contributed by atoms with Crippen molar-refractivity contribution in [2.75, 3.05) is 0 Å². The zero-order chi connectivity index (χ0) is 24.6. The highest BCUT2D eigenvalue weighted by molar-refractivity contribution is 5.68. The van der Waals surface area contributed by atoms with Gasteiger partial charge in [-0.3, -0.25) is 10.1 Å². The molecule has 0 fully saturated rings. The van der Waals surface area contributed by atoms with Crippen molar-refractivity contribution in [3.05, 3.63) is 101 Å². The zero-order valence-electron chi connectivity index (χ0n) is 20.1. The number of hydrogen-bond donors (Lipinski definition) is 2. The van der Waals surface area contributed by atoms with Crippen LogP contribution < -0.4 is 5.32 Å². The highest BCUT2D eigenvalue weighted by Crippen LogP contribution is 2.29. The SMILES string of the molecule is CCCCn1nnnc1C(NC(CC(=O)O)c1cccc(C)c1)c1ccc(-c2ccccc2)cc1. The lowest BCUT2D eigenvalue weighted by atomic mass is 9.96. The molecule has 0 amide bonds. The number of carbonyl (C=O) groups is 1. The molecule has 0 saturated carbocycles. The topological polar surface area (TPSA) is 92.9 Å². The standard InChI is InChI=1S/C28H31N5O2/c1-3-4-17-33-28(30-31-32-33)27(23-15-13-22(14-16-23)21-10-6-5-7-11-21)29-25(19-26(34)35)24-12-8-9-20(2)18-24/h5-16,18,25,27,29H,3-4,17,19H2,1-2H3,(H,34,35). The van der Waals surface area contributed by atoms with Crippen molar-refractivity contribution < 1.29 is 9.90 Å². The summed E-state index contributed by atoms with van der Waals surface area (Å²) >= 11 is 0. The minimum atomic E-state index is -0.868. The zero-order valence-corrected chi connectivity index (χ0v) is 20.1. The predicted molar refractivity (Wildman–Crippen MR) is 136 cm³/mol. The Kier molecular flexibility index (Phi) is 8.00. The second-order valence-electron chi connectivity index (χ2n) is 8.77. The summed E-state index contributed by atoms with van der Waals surface area (Å²) in [6.45, 7) is 4.84. The number of nitrogens with one attached hydrogen (secondary N) is 1. The second-order valence-corrected chi connectivity index (χ2v) is 8.77. The summed E-state index contributed by atoms with van der Waals surface area (Å²) in [7, 11) is 0. The van der Waals surface area contributed by atoms with Crippen molar-refractivity contribution in [1.82, 2.24) is 25.5 Å². The number of carboxylic acid groups (broad SMARTS) is 1. The molecule has 7 heteroatoms. The molecule has 0 aliphatic heterocycles. The first-order chi connectivity index (χ1) is 17.0. The molecule has 1 aromatic heterocycles. The molecule has 0 spiro atoms. The van der Waals surface area contributed by atoms with Gasteiger partial charge in [-0.05, 0) is 46.0 Å². The molecule has 1 heterocycles. The largest absolute Gasteiger partial charge is 0.481 e. The maximum atomic E-state index is 11.8. The molecule has 4 rings (SSSR count). The van der Waals surface area contributed by atoms with E-state index in [0.717, 1.165) is 40.7 Å². The van der Waals surface area contributed by atoms with Gasteiger partial charge in [-0.1, -0.05) is 97.8 Å². The lowest BCUT2D eigenvalue weighted by Crippen LogP contribution is -2.31.